The standard InChI is InChI=1S/C12H15BrO6/c1-11(2)17-7-4-12(18-8(14)5-13)3-6(9(7)19-11)16-10(12)15/h6-7,9H,3-5H2,1-2H3/t6-,7?,9+,12-/m1/s1. The summed E-state index contributed by atoms with van der Waals surface area (Å²) in [5.41, 5.74) is -1.21. The van der Waals surface area contributed by atoms with Crippen molar-refractivity contribution in [2.24, 2.45) is 0 Å². The van der Waals surface area contributed by atoms with Crippen molar-refractivity contribution in [2.45, 2.75) is 56.4 Å². The Hall–Kier alpha value is -0.660. The van der Waals surface area contributed by atoms with E-state index in [0.29, 0.717) is 6.42 Å². The molecule has 0 aromatic rings. The molecule has 2 saturated heterocycles. The second kappa shape index (κ2) is 4.17. The van der Waals surface area contributed by atoms with Gasteiger partial charge in [-0.1, -0.05) is 15.9 Å². The molecule has 2 heterocycles. The molecule has 106 valence electrons. The van der Waals surface area contributed by atoms with Crippen LogP contribution in [0.5, 0.6) is 0 Å². The topological polar surface area (TPSA) is 71.1 Å². The Bertz CT molecular complexity index is 436. The van der Waals surface area contributed by atoms with Gasteiger partial charge in [0.2, 0.25) is 5.60 Å². The van der Waals surface area contributed by atoms with Gasteiger partial charge in [-0.3, -0.25) is 4.79 Å². The summed E-state index contributed by atoms with van der Waals surface area (Å²) in [6.07, 6.45) is -0.350. The van der Waals surface area contributed by atoms with E-state index in [1.54, 1.807) is 0 Å². The van der Waals surface area contributed by atoms with Crippen molar-refractivity contribution in [2.75, 3.05) is 5.33 Å². The van der Waals surface area contributed by atoms with E-state index in [4.69, 9.17) is 18.9 Å². The van der Waals surface area contributed by atoms with Crippen molar-refractivity contribution >= 4 is 27.9 Å². The highest BCUT2D eigenvalue weighted by Crippen LogP contribution is 2.48. The maximum atomic E-state index is 12.0. The summed E-state index contributed by atoms with van der Waals surface area (Å²) in [4.78, 5) is 23.5. The fraction of sp³-hybridized carbons (Fsp3) is 0.833. The van der Waals surface area contributed by atoms with Crippen LogP contribution < -0.4 is 0 Å². The number of rotatable bonds is 2. The minimum atomic E-state index is -1.21. The van der Waals surface area contributed by atoms with Crippen LogP contribution in [0.15, 0.2) is 0 Å². The number of hydrogen-bond acceptors (Lipinski definition) is 6. The van der Waals surface area contributed by atoms with Crippen LogP contribution >= 0.6 is 15.9 Å². The normalized spacial score (nSPS) is 42.7. The first-order chi connectivity index (χ1) is 8.85. The number of hydrogen-bond donors (Lipinski definition) is 0. The van der Waals surface area contributed by atoms with Crippen LogP contribution in [0.1, 0.15) is 26.7 Å². The van der Waals surface area contributed by atoms with Gasteiger partial charge in [0.15, 0.2) is 5.79 Å². The largest absolute Gasteiger partial charge is 0.456 e. The molecule has 7 heteroatoms. The number of fused-ring (bicyclic) bond motifs is 4. The first-order valence-corrected chi connectivity index (χ1v) is 7.32. The van der Waals surface area contributed by atoms with Gasteiger partial charge in [0, 0.05) is 12.8 Å². The van der Waals surface area contributed by atoms with E-state index in [0.717, 1.165) is 0 Å². The van der Waals surface area contributed by atoms with Crippen LogP contribution in [0.3, 0.4) is 0 Å². The molecule has 0 aromatic heterocycles. The van der Waals surface area contributed by atoms with Gasteiger partial charge in [0.05, 0.1) is 6.10 Å². The number of ether oxygens (including phenoxy) is 4. The zero-order chi connectivity index (χ0) is 13.8. The van der Waals surface area contributed by atoms with Gasteiger partial charge in [-0.2, -0.15) is 0 Å². The van der Waals surface area contributed by atoms with Gasteiger partial charge < -0.3 is 18.9 Å². The molecular formula is C12H15BrO6. The van der Waals surface area contributed by atoms with E-state index in [-0.39, 0.29) is 24.0 Å². The smallest absolute Gasteiger partial charge is 0.351 e. The second-order valence-electron chi connectivity index (χ2n) is 5.59. The van der Waals surface area contributed by atoms with E-state index >= 15 is 0 Å². The summed E-state index contributed by atoms with van der Waals surface area (Å²) in [6, 6.07) is 0. The van der Waals surface area contributed by atoms with Gasteiger partial charge in [-0.05, 0) is 13.8 Å². The molecule has 0 N–H and O–H groups in total. The fourth-order valence-corrected chi connectivity index (χ4v) is 3.19. The Labute approximate surface area is 118 Å². The third kappa shape index (κ3) is 2.08. The Morgan fingerprint density at radius 3 is 2.74 bits per heavy atom. The SMILES string of the molecule is CC1(C)OC2C[C@]3(OC(=O)CBr)C[C@@H](OC3=O)[C@@H]2O1. The molecule has 1 saturated carbocycles. The summed E-state index contributed by atoms with van der Waals surface area (Å²) in [6.45, 7) is 3.63. The third-order valence-corrected chi connectivity index (χ3v) is 4.16. The van der Waals surface area contributed by atoms with Crippen LogP contribution in [0.2, 0.25) is 0 Å². The summed E-state index contributed by atoms with van der Waals surface area (Å²) in [5, 5.41) is 0.0453. The second-order valence-corrected chi connectivity index (χ2v) is 6.15. The molecule has 3 aliphatic rings. The Kier molecular flexibility index (Phi) is 2.92. The van der Waals surface area contributed by atoms with Crippen molar-refractivity contribution in [3.8, 4) is 0 Å². The molecule has 6 nitrogen and oxygen atoms in total. The van der Waals surface area contributed by atoms with Crippen LogP contribution in [0, 0.1) is 0 Å². The van der Waals surface area contributed by atoms with Crippen LogP contribution in [-0.4, -0.2) is 47.0 Å². The van der Waals surface area contributed by atoms with Gasteiger partial charge in [0.1, 0.15) is 17.5 Å². The molecule has 0 spiro atoms. The number of alkyl halides is 1. The lowest BCUT2D eigenvalue weighted by molar-refractivity contribution is -0.180. The quantitative estimate of drug-likeness (QED) is 0.552. The number of carbonyl (C=O) groups is 2. The average molecular weight is 335 g/mol. The predicted molar refractivity (Wildman–Crippen MR) is 65.6 cm³/mol. The molecule has 3 fully saturated rings. The van der Waals surface area contributed by atoms with Gasteiger partial charge in [-0.15, -0.1) is 0 Å². The Morgan fingerprint density at radius 1 is 1.37 bits per heavy atom. The highest BCUT2D eigenvalue weighted by Gasteiger charge is 2.65. The number of halogens is 1. The third-order valence-electron chi connectivity index (χ3n) is 3.70. The van der Waals surface area contributed by atoms with Crippen molar-refractivity contribution in [3.63, 3.8) is 0 Å². The van der Waals surface area contributed by atoms with E-state index in [1.807, 2.05) is 13.8 Å². The molecule has 1 unspecified atom stereocenters. The lowest BCUT2D eigenvalue weighted by Gasteiger charge is -2.32. The molecule has 4 atom stereocenters. The van der Waals surface area contributed by atoms with Gasteiger partial charge in [0.25, 0.3) is 0 Å². The van der Waals surface area contributed by atoms with E-state index in [1.165, 1.54) is 0 Å². The average Bonchev–Trinajstić information content (AvgIpc) is 2.75. The monoisotopic (exact) mass is 334 g/mol. The maximum Gasteiger partial charge on any atom is 0.351 e. The maximum absolute atomic E-state index is 12.0. The minimum absolute atomic E-state index is 0.0453. The van der Waals surface area contributed by atoms with Gasteiger partial charge in [-0.25, -0.2) is 4.79 Å². The van der Waals surface area contributed by atoms with E-state index in [9.17, 15) is 9.59 Å². The van der Waals surface area contributed by atoms with Crippen LogP contribution in [0.25, 0.3) is 0 Å². The van der Waals surface area contributed by atoms with Crippen LogP contribution in [-0.2, 0) is 28.5 Å². The molecule has 0 radical (unpaired) electrons. The summed E-state index contributed by atoms with van der Waals surface area (Å²) >= 11 is 3.02. The first-order valence-electron chi connectivity index (χ1n) is 6.20. The number of esters is 2. The zero-order valence-electron chi connectivity index (χ0n) is 10.7. The van der Waals surface area contributed by atoms with Gasteiger partial charge >= 0.3 is 11.9 Å². The highest BCUT2D eigenvalue weighted by atomic mass is 79.9. The van der Waals surface area contributed by atoms with E-state index < -0.39 is 29.4 Å². The highest BCUT2D eigenvalue weighted by molar-refractivity contribution is 9.09. The van der Waals surface area contributed by atoms with E-state index in [2.05, 4.69) is 15.9 Å². The lowest BCUT2D eigenvalue weighted by Crippen LogP contribution is -2.49. The zero-order valence-corrected chi connectivity index (χ0v) is 12.3. The molecule has 1 aliphatic carbocycles. The van der Waals surface area contributed by atoms with Crippen molar-refractivity contribution in [3.05, 3.63) is 0 Å². The summed E-state index contributed by atoms with van der Waals surface area (Å²) in [7, 11) is 0. The van der Waals surface area contributed by atoms with Crippen molar-refractivity contribution in [1.29, 1.82) is 0 Å². The Balaban J connectivity index is 1.84. The molecule has 19 heavy (non-hydrogen) atoms. The van der Waals surface area contributed by atoms with Crippen molar-refractivity contribution < 1.29 is 28.5 Å². The molecule has 0 amide bonds. The fourth-order valence-electron chi connectivity index (χ4n) is 3.08. The lowest BCUT2D eigenvalue weighted by atomic mass is 9.82. The van der Waals surface area contributed by atoms with Crippen LogP contribution in [0.4, 0.5) is 0 Å². The molecule has 0 aromatic carbocycles. The molecule has 2 bridgehead atoms. The van der Waals surface area contributed by atoms with Crippen molar-refractivity contribution in [1.82, 2.24) is 0 Å². The molecular weight excluding hydrogens is 320 g/mol. The number of carbonyl (C=O) groups excluding carboxylic acids is 2. The summed E-state index contributed by atoms with van der Waals surface area (Å²) < 4.78 is 22.1. The summed E-state index contributed by atoms with van der Waals surface area (Å²) in [5.74, 6) is -1.67. The minimum Gasteiger partial charge on any atom is -0.456 e. The molecule has 2 aliphatic heterocycles. The first kappa shape index (κ1) is 13.3. The predicted octanol–water partition coefficient (Wildman–Crippen LogP) is 0.903. The molecule has 3 rings (SSSR count). The Morgan fingerprint density at radius 2 is 2.05 bits per heavy atom.